The van der Waals surface area contributed by atoms with Gasteiger partial charge in [0.15, 0.2) is 5.58 Å². The Balaban J connectivity index is 1.30. The summed E-state index contributed by atoms with van der Waals surface area (Å²) in [4.78, 5) is 0. The molecule has 4 aromatic rings. The van der Waals surface area contributed by atoms with Crippen molar-refractivity contribution in [3.63, 3.8) is 0 Å². The Morgan fingerprint density at radius 1 is 1.18 bits per heavy atom. The molecule has 0 saturated heterocycles. The zero-order chi connectivity index (χ0) is 19.3. The first kappa shape index (κ1) is 18.6. The van der Waals surface area contributed by atoms with Crippen LogP contribution in [0.3, 0.4) is 0 Å². The highest BCUT2D eigenvalue weighted by Crippen LogP contribution is 2.33. The van der Waals surface area contributed by atoms with Gasteiger partial charge in [-0.3, -0.25) is 0 Å². The highest BCUT2D eigenvalue weighted by Gasteiger charge is 2.12. The minimum absolute atomic E-state index is 0.160. The van der Waals surface area contributed by atoms with Crippen LogP contribution in [0, 0.1) is 5.82 Å². The van der Waals surface area contributed by atoms with Crippen LogP contribution in [0.15, 0.2) is 64.5 Å². The molecule has 0 spiro atoms. The Morgan fingerprint density at radius 3 is 2.89 bits per heavy atom. The maximum absolute atomic E-state index is 12.9. The monoisotopic (exact) mass is 398 g/mol. The van der Waals surface area contributed by atoms with Crippen molar-refractivity contribution in [2.75, 3.05) is 13.2 Å². The number of fused-ring (bicyclic) bond motifs is 1. The van der Waals surface area contributed by atoms with E-state index in [0.717, 1.165) is 27.1 Å². The number of halogens is 1. The van der Waals surface area contributed by atoms with Gasteiger partial charge in [-0.15, -0.1) is 11.3 Å². The second-order valence-electron chi connectivity index (χ2n) is 6.40. The molecule has 0 radical (unpaired) electrons. The molecule has 0 saturated carbocycles. The van der Waals surface area contributed by atoms with Gasteiger partial charge < -0.3 is 19.7 Å². The third kappa shape index (κ3) is 4.39. The Kier molecular flexibility index (Phi) is 5.66. The Morgan fingerprint density at radius 2 is 2.04 bits per heavy atom. The molecule has 2 N–H and O–H groups in total. The molecule has 4 rings (SSSR count). The first-order valence-corrected chi connectivity index (χ1v) is 9.76. The highest BCUT2D eigenvalue weighted by atomic mass is 32.1. The highest BCUT2D eigenvalue weighted by molar-refractivity contribution is 7.17. The van der Waals surface area contributed by atoms with E-state index in [9.17, 15) is 9.50 Å². The molecular weight excluding hydrogens is 379 g/mol. The van der Waals surface area contributed by atoms with E-state index in [0.29, 0.717) is 18.8 Å². The molecule has 0 aliphatic rings. The van der Waals surface area contributed by atoms with Crippen LogP contribution < -0.4 is 10.1 Å². The van der Waals surface area contributed by atoms with Gasteiger partial charge in [0.1, 0.15) is 34.7 Å². The van der Waals surface area contributed by atoms with Crippen LogP contribution in [-0.4, -0.2) is 29.5 Å². The number of thiophene rings is 1. The average Bonchev–Trinajstić information content (AvgIpc) is 3.32. The summed E-state index contributed by atoms with van der Waals surface area (Å²) >= 11 is 1.58. The van der Waals surface area contributed by atoms with E-state index in [2.05, 4.69) is 10.5 Å². The minimum atomic E-state index is -0.667. The van der Waals surface area contributed by atoms with Gasteiger partial charge in [-0.1, -0.05) is 29.4 Å². The fraction of sp³-hybridized carbons (Fsp3) is 0.190. The van der Waals surface area contributed by atoms with E-state index >= 15 is 0 Å². The van der Waals surface area contributed by atoms with Crippen LogP contribution in [0.1, 0.15) is 5.56 Å². The minimum Gasteiger partial charge on any atom is -0.491 e. The number of nitrogens with one attached hydrogen (secondary N) is 1. The van der Waals surface area contributed by atoms with Crippen LogP contribution in [0.25, 0.3) is 21.5 Å². The van der Waals surface area contributed by atoms with Crippen molar-refractivity contribution >= 4 is 21.6 Å². The number of benzene rings is 2. The van der Waals surface area contributed by atoms with E-state index in [1.165, 1.54) is 12.1 Å². The molecule has 144 valence electrons. The van der Waals surface area contributed by atoms with Gasteiger partial charge >= 0.3 is 0 Å². The fourth-order valence-electron chi connectivity index (χ4n) is 2.83. The van der Waals surface area contributed by atoms with Gasteiger partial charge in [-0.05, 0) is 41.3 Å². The largest absolute Gasteiger partial charge is 0.491 e. The van der Waals surface area contributed by atoms with E-state index in [4.69, 9.17) is 9.26 Å². The summed E-state index contributed by atoms with van der Waals surface area (Å²) < 4.78 is 24.9. The van der Waals surface area contributed by atoms with E-state index in [1.807, 2.05) is 35.7 Å². The topological polar surface area (TPSA) is 67.5 Å². The molecule has 0 bridgehead atoms. The number of aliphatic hydroxyl groups excluding tert-OH is 1. The summed E-state index contributed by atoms with van der Waals surface area (Å²) in [6, 6.07) is 15.7. The number of hydrogen-bond acceptors (Lipinski definition) is 6. The second-order valence-corrected chi connectivity index (χ2v) is 7.31. The summed E-state index contributed by atoms with van der Waals surface area (Å²) in [5.41, 5.74) is 3.42. The van der Waals surface area contributed by atoms with E-state index < -0.39 is 6.10 Å². The number of rotatable bonds is 8. The van der Waals surface area contributed by atoms with Gasteiger partial charge in [0, 0.05) is 18.7 Å². The van der Waals surface area contributed by atoms with Crippen LogP contribution in [0.2, 0.25) is 0 Å². The lowest BCUT2D eigenvalue weighted by Crippen LogP contribution is -2.31. The summed E-state index contributed by atoms with van der Waals surface area (Å²) in [6.07, 6.45) is -0.667. The number of aromatic nitrogens is 1. The van der Waals surface area contributed by atoms with Gasteiger partial charge in [0.2, 0.25) is 0 Å². The average molecular weight is 398 g/mol. The van der Waals surface area contributed by atoms with Crippen molar-refractivity contribution in [1.29, 1.82) is 0 Å². The molecule has 1 unspecified atom stereocenters. The zero-order valence-electron chi connectivity index (χ0n) is 15.0. The smallest absolute Gasteiger partial charge is 0.178 e. The van der Waals surface area contributed by atoms with Gasteiger partial charge in [-0.2, -0.15) is 0 Å². The first-order valence-electron chi connectivity index (χ1n) is 8.88. The zero-order valence-corrected chi connectivity index (χ0v) is 15.8. The summed E-state index contributed by atoms with van der Waals surface area (Å²) in [5.74, 6) is 0.396. The molecule has 1 atom stereocenters. The van der Waals surface area contributed by atoms with E-state index in [1.54, 1.807) is 23.5 Å². The maximum Gasteiger partial charge on any atom is 0.178 e. The summed E-state index contributed by atoms with van der Waals surface area (Å²) in [7, 11) is 0. The van der Waals surface area contributed by atoms with Crippen molar-refractivity contribution in [2.24, 2.45) is 0 Å². The standard InChI is InChI=1S/C21H19FN2O3S/c22-16-6-4-14(5-7-16)11-23-12-17(25)13-26-18-3-1-2-15(10-18)20-21-19(27-24-20)8-9-28-21/h1-10,17,23,25H,11-13H2. The number of nitrogens with zero attached hydrogens (tertiary/aromatic N) is 1. The fourth-order valence-corrected chi connectivity index (χ4v) is 3.65. The second kappa shape index (κ2) is 8.52. The summed E-state index contributed by atoms with van der Waals surface area (Å²) in [6.45, 7) is 1.08. The molecule has 0 amide bonds. The molecule has 0 aliphatic heterocycles. The molecule has 2 aromatic carbocycles. The van der Waals surface area contributed by atoms with Crippen molar-refractivity contribution in [3.05, 3.63) is 71.4 Å². The molecule has 5 nitrogen and oxygen atoms in total. The van der Waals surface area contributed by atoms with Crippen molar-refractivity contribution in [1.82, 2.24) is 10.5 Å². The molecule has 28 heavy (non-hydrogen) atoms. The van der Waals surface area contributed by atoms with Crippen molar-refractivity contribution in [3.8, 4) is 17.0 Å². The van der Waals surface area contributed by atoms with Crippen LogP contribution in [0.4, 0.5) is 4.39 Å². The van der Waals surface area contributed by atoms with Gasteiger partial charge in [0.25, 0.3) is 0 Å². The lowest BCUT2D eigenvalue weighted by molar-refractivity contribution is 0.106. The molecule has 2 aromatic heterocycles. The molecular formula is C21H19FN2O3S. The molecule has 2 heterocycles. The Hall–Kier alpha value is -2.74. The lowest BCUT2D eigenvalue weighted by Gasteiger charge is -2.14. The van der Waals surface area contributed by atoms with Crippen molar-refractivity contribution < 1.29 is 18.8 Å². The van der Waals surface area contributed by atoms with Crippen LogP contribution in [-0.2, 0) is 6.54 Å². The third-order valence-electron chi connectivity index (χ3n) is 4.25. The third-order valence-corrected chi connectivity index (χ3v) is 5.15. The lowest BCUT2D eigenvalue weighted by atomic mass is 10.1. The van der Waals surface area contributed by atoms with Crippen LogP contribution >= 0.6 is 11.3 Å². The van der Waals surface area contributed by atoms with Gasteiger partial charge in [0.05, 0.1) is 0 Å². The molecule has 0 fully saturated rings. The van der Waals surface area contributed by atoms with E-state index in [-0.39, 0.29) is 12.4 Å². The number of ether oxygens (including phenoxy) is 1. The summed E-state index contributed by atoms with van der Waals surface area (Å²) in [5, 5.41) is 19.4. The normalized spacial score (nSPS) is 12.4. The Labute approximate surface area is 165 Å². The van der Waals surface area contributed by atoms with Crippen molar-refractivity contribution in [2.45, 2.75) is 12.6 Å². The maximum atomic E-state index is 12.9. The predicted octanol–water partition coefficient (Wildman–Crippen LogP) is 4.22. The number of hydrogen-bond donors (Lipinski definition) is 2. The quantitative estimate of drug-likeness (QED) is 0.465. The first-order chi connectivity index (χ1) is 13.7. The van der Waals surface area contributed by atoms with Gasteiger partial charge in [-0.25, -0.2) is 4.39 Å². The number of aliphatic hydroxyl groups is 1. The predicted molar refractivity (Wildman–Crippen MR) is 107 cm³/mol. The SMILES string of the molecule is OC(CNCc1ccc(F)cc1)COc1cccc(-c2noc3ccsc23)c1. The Bertz CT molecular complexity index is 1050. The molecule has 7 heteroatoms. The molecule has 0 aliphatic carbocycles. The van der Waals surface area contributed by atoms with Crippen LogP contribution in [0.5, 0.6) is 5.75 Å².